The van der Waals surface area contributed by atoms with Crippen LogP contribution in [0.2, 0.25) is 0 Å². The maximum absolute atomic E-state index is 12.4. The van der Waals surface area contributed by atoms with Crippen molar-refractivity contribution in [3.8, 4) is 0 Å². The summed E-state index contributed by atoms with van der Waals surface area (Å²) in [5.41, 5.74) is 1.17. The van der Waals surface area contributed by atoms with E-state index in [0.717, 1.165) is 12.5 Å². The Labute approximate surface area is 134 Å². The quantitative estimate of drug-likeness (QED) is 0.923. The number of nitrogens with zero attached hydrogens (tertiary/aromatic N) is 1. The minimum atomic E-state index is 0.0839. The van der Waals surface area contributed by atoms with Crippen molar-refractivity contribution in [2.45, 2.75) is 57.5 Å². The van der Waals surface area contributed by atoms with Crippen molar-refractivity contribution in [3.63, 3.8) is 0 Å². The molecule has 0 unspecified atom stereocenters. The highest BCUT2D eigenvalue weighted by Crippen LogP contribution is 2.34. The van der Waals surface area contributed by atoms with Gasteiger partial charge in [-0.15, -0.1) is 0 Å². The summed E-state index contributed by atoms with van der Waals surface area (Å²) in [6.45, 7) is 3.72. The Kier molecular flexibility index (Phi) is 5.14. The maximum Gasteiger partial charge on any atom is 0.234 e. The number of rotatable bonds is 4. The van der Waals surface area contributed by atoms with Gasteiger partial charge >= 0.3 is 0 Å². The van der Waals surface area contributed by atoms with Crippen LogP contribution in [0.15, 0.2) is 30.3 Å². The Balaban J connectivity index is 1.54. The van der Waals surface area contributed by atoms with Crippen molar-refractivity contribution in [3.05, 3.63) is 35.9 Å². The van der Waals surface area contributed by atoms with Gasteiger partial charge in [0.15, 0.2) is 0 Å². The van der Waals surface area contributed by atoms with Crippen molar-refractivity contribution in [1.82, 2.24) is 10.2 Å². The van der Waals surface area contributed by atoms with Gasteiger partial charge < -0.3 is 5.32 Å². The van der Waals surface area contributed by atoms with Gasteiger partial charge in [0, 0.05) is 6.04 Å². The van der Waals surface area contributed by atoms with Crippen LogP contribution >= 0.6 is 0 Å². The number of hydrogen-bond donors (Lipinski definition) is 1. The largest absolute Gasteiger partial charge is 0.348 e. The summed E-state index contributed by atoms with van der Waals surface area (Å²) in [4.78, 5) is 14.9. The van der Waals surface area contributed by atoms with E-state index in [-0.39, 0.29) is 11.9 Å². The van der Waals surface area contributed by atoms with Crippen LogP contribution < -0.4 is 5.32 Å². The Morgan fingerprint density at radius 2 is 1.91 bits per heavy atom. The molecule has 1 saturated heterocycles. The van der Waals surface area contributed by atoms with E-state index in [1.165, 1.54) is 44.1 Å². The van der Waals surface area contributed by atoms with Crippen LogP contribution in [0.5, 0.6) is 0 Å². The number of piperidine rings is 1. The summed E-state index contributed by atoms with van der Waals surface area (Å²) in [5, 5.41) is 3.16. The molecule has 120 valence electrons. The first-order chi connectivity index (χ1) is 10.7. The third kappa shape index (κ3) is 3.70. The molecule has 0 aromatic heterocycles. The molecular formula is C19H28N2O. The molecule has 3 atom stereocenters. The van der Waals surface area contributed by atoms with Crippen LogP contribution in [0, 0.1) is 5.92 Å². The summed E-state index contributed by atoms with van der Waals surface area (Å²) in [7, 11) is 0. The second kappa shape index (κ2) is 7.28. The Bertz CT molecular complexity index is 485. The molecule has 0 radical (unpaired) electrons. The van der Waals surface area contributed by atoms with E-state index in [1.807, 2.05) is 18.2 Å². The fourth-order valence-corrected chi connectivity index (χ4v) is 4.22. The molecule has 2 fully saturated rings. The average molecular weight is 300 g/mol. The van der Waals surface area contributed by atoms with E-state index in [0.29, 0.717) is 12.6 Å². The molecule has 2 aliphatic rings. The van der Waals surface area contributed by atoms with Crippen LogP contribution in [-0.2, 0) is 4.79 Å². The number of nitrogens with one attached hydrogen (secondary N) is 1. The number of carbonyl (C=O) groups is 1. The second-order valence-corrected chi connectivity index (χ2v) is 6.92. The van der Waals surface area contributed by atoms with E-state index < -0.39 is 0 Å². The van der Waals surface area contributed by atoms with Gasteiger partial charge in [-0.05, 0) is 50.6 Å². The molecule has 3 heteroatoms. The van der Waals surface area contributed by atoms with Gasteiger partial charge in [-0.2, -0.15) is 0 Å². The lowest BCUT2D eigenvalue weighted by Gasteiger charge is -2.43. The number of amides is 1. The van der Waals surface area contributed by atoms with Crippen molar-refractivity contribution in [2.24, 2.45) is 5.92 Å². The molecule has 22 heavy (non-hydrogen) atoms. The summed E-state index contributed by atoms with van der Waals surface area (Å²) in [6, 6.07) is 10.9. The van der Waals surface area contributed by atoms with Crippen LogP contribution in [0.1, 0.15) is 57.1 Å². The molecule has 3 nitrogen and oxygen atoms in total. The maximum atomic E-state index is 12.4. The van der Waals surface area contributed by atoms with E-state index in [1.54, 1.807) is 0 Å². The first kappa shape index (κ1) is 15.5. The van der Waals surface area contributed by atoms with Crippen molar-refractivity contribution in [2.75, 3.05) is 13.1 Å². The summed E-state index contributed by atoms with van der Waals surface area (Å²) >= 11 is 0. The Morgan fingerprint density at radius 3 is 2.73 bits per heavy atom. The molecular weight excluding hydrogens is 272 g/mol. The average Bonchev–Trinajstić information content (AvgIpc) is 2.56. The zero-order valence-electron chi connectivity index (χ0n) is 13.6. The van der Waals surface area contributed by atoms with Gasteiger partial charge in [-0.25, -0.2) is 0 Å². The highest BCUT2D eigenvalue weighted by molar-refractivity contribution is 5.78. The van der Waals surface area contributed by atoms with E-state index in [2.05, 4.69) is 29.3 Å². The number of benzene rings is 1. The third-order valence-corrected chi connectivity index (χ3v) is 5.38. The van der Waals surface area contributed by atoms with E-state index in [9.17, 15) is 4.79 Å². The van der Waals surface area contributed by atoms with Crippen molar-refractivity contribution >= 4 is 5.91 Å². The van der Waals surface area contributed by atoms with Gasteiger partial charge in [0.2, 0.25) is 5.91 Å². The summed E-state index contributed by atoms with van der Waals surface area (Å²) < 4.78 is 0. The minimum absolute atomic E-state index is 0.0839. The standard InChI is InChI=1S/C19H28N2O/c1-15(16-8-3-2-4-9-16)20-19(22)14-21-13-7-11-17-10-5-6-12-18(17)21/h2-4,8-9,15,17-18H,5-7,10-14H2,1H3,(H,20,22)/t15-,17-,18+/m1/s1. The fourth-order valence-electron chi connectivity index (χ4n) is 4.22. The van der Waals surface area contributed by atoms with Crippen LogP contribution in [0.4, 0.5) is 0 Å². The van der Waals surface area contributed by atoms with Crippen molar-refractivity contribution in [1.29, 1.82) is 0 Å². The van der Waals surface area contributed by atoms with Gasteiger partial charge in [0.1, 0.15) is 0 Å². The van der Waals surface area contributed by atoms with Crippen LogP contribution in [0.25, 0.3) is 0 Å². The summed E-state index contributed by atoms with van der Waals surface area (Å²) in [6.07, 6.45) is 7.98. The first-order valence-electron chi connectivity index (χ1n) is 8.82. The first-order valence-corrected chi connectivity index (χ1v) is 8.82. The molecule has 1 aromatic rings. The second-order valence-electron chi connectivity index (χ2n) is 6.92. The molecule has 1 aromatic carbocycles. The number of hydrogen-bond acceptors (Lipinski definition) is 2. The highest BCUT2D eigenvalue weighted by atomic mass is 16.2. The summed E-state index contributed by atoms with van der Waals surface area (Å²) in [5.74, 6) is 1.00. The number of fused-ring (bicyclic) bond motifs is 1. The number of carbonyl (C=O) groups excluding carboxylic acids is 1. The number of likely N-dealkylation sites (tertiary alicyclic amines) is 1. The van der Waals surface area contributed by atoms with Crippen molar-refractivity contribution < 1.29 is 4.79 Å². The monoisotopic (exact) mass is 300 g/mol. The fraction of sp³-hybridized carbons (Fsp3) is 0.632. The molecule has 1 N–H and O–H groups in total. The van der Waals surface area contributed by atoms with Gasteiger partial charge in [0.25, 0.3) is 0 Å². The predicted octanol–water partition coefficient (Wildman–Crippen LogP) is 3.52. The smallest absolute Gasteiger partial charge is 0.234 e. The Hall–Kier alpha value is -1.35. The Morgan fingerprint density at radius 1 is 1.18 bits per heavy atom. The van der Waals surface area contributed by atoms with Gasteiger partial charge in [-0.3, -0.25) is 9.69 Å². The zero-order chi connectivity index (χ0) is 15.4. The SMILES string of the molecule is C[C@@H](NC(=O)CN1CCC[C@H]2CCCC[C@@H]21)c1ccccc1. The van der Waals surface area contributed by atoms with E-state index >= 15 is 0 Å². The van der Waals surface area contributed by atoms with Crippen LogP contribution in [-0.4, -0.2) is 29.9 Å². The van der Waals surface area contributed by atoms with Crippen LogP contribution in [0.3, 0.4) is 0 Å². The van der Waals surface area contributed by atoms with Gasteiger partial charge in [0.05, 0.1) is 12.6 Å². The normalized spacial score (nSPS) is 27.0. The lowest BCUT2D eigenvalue weighted by molar-refractivity contribution is -0.124. The molecule has 0 spiro atoms. The molecule has 1 amide bonds. The molecule has 1 aliphatic heterocycles. The van der Waals surface area contributed by atoms with Gasteiger partial charge in [-0.1, -0.05) is 43.2 Å². The molecule has 1 saturated carbocycles. The predicted molar refractivity (Wildman–Crippen MR) is 89.6 cm³/mol. The molecule has 0 bridgehead atoms. The molecule has 1 aliphatic carbocycles. The highest BCUT2D eigenvalue weighted by Gasteiger charge is 2.33. The third-order valence-electron chi connectivity index (χ3n) is 5.38. The lowest BCUT2D eigenvalue weighted by atomic mass is 9.78. The minimum Gasteiger partial charge on any atom is -0.348 e. The molecule has 3 rings (SSSR count). The molecule has 1 heterocycles. The lowest BCUT2D eigenvalue weighted by Crippen LogP contribution is -2.50. The zero-order valence-corrected chi connectivity index (χ0v) is 13.6. The van der Waals surface area contributed by atoms with E-state index in [4.69, 9.17) is 0 Å². The topological polar surface area (TPSA) is 32.3 Å².